The minimum Gasteiger partial charge on any atom is -0.465 e. The lowest BCUT2D eigenvalue weighted by Gasteiger charge is -2.06. The molecule has 0 saturated carbocycles. The second kappa shape index (κ2) is 10.3. The summed E-state index contributed by atoms with van der Waals surface area (Å²) in [6, 6.07) is 15.2. The van der Waals surface area contributed by atoms with Crippen LogP contribution in [0.4, 0.5) is 0 Å². The molecule has 0 unspecified atom stereocenters. The Morgan fingerprint density at radius 2 is 1.75 bits per heavy atom. The van der Waals surface area contributed by atoms with E-state index < -0.39 is 24.5 Å². The molecule has 0 atom stereocenters. The van der Waals surface area contributed by atoms with Crippen molar-refractivity contribution >= 4 is 23.9 Å². The lowest BCUT2D eigenvalue weighted by Crippen LogP contribution is -2.28. The van der Waals surface area contributed by atoms with Gasteiger partial charge in [-0.3, -0.25) is 4.79 Å². The van der Waals surface area contributed by atoms with Gasteiger partial charge < -0.3 is 14.8 Å². The van der Waals surface area contributed by atoms with E-state index in [9.17, 15) is 14.4 Å². The molecule has 142 valence electrons. The number of carbonyl (C=O) groups is 3. The third-order valence-electron chi connectivity index (χ3n) is 3.66. The Morgan fingerprint density at radius 3 is 2.36 bits per heavy atom. The Labute approximate surface area is 162 Å². The molecule has 0 aliphatic rings. The van der Waals surface area contributed by atoms with E-state index in [-0.39, 0.29) is 6.54 Å². The van der Waals surface area contributed by atoms with Gasteiger partial charge in [0.05, 0.1) is 24.3 Å². The summed E-state index contributed by atoms with van der Waals surface area (Å²) in [4.78, 5) is 34.8. The van der Waals surface area contributed by atoms with Crippen LogP contribution < -0.4 is 5.32 Å². The number of ether oxygens (including phenoxy) is 2. The van der Waals surface area contributed by atoms with Gasteiger partial charge in [0.1, 0.15) is 0 Å². The largest absolute Gasteiger partial charge is 0.465 e. The van der Waals surface area contributed by atoms with Gasteiger partial charge in [-0.2, -0.15) is 5.26 Å². The van der Waals surface area contributed by atoms with Gasteiger partial charge in [-0.1, -0.05) is 24.3 Å². The number of hydrogen-bond donors (Lipinski definition) is 1. The first-order chi connectivity index (χ1) is 13.5. The molecule has 0 radical (unpaired) electrons. The number of amides is 1. The number of nitrogens with one attached hydrogen (secondary N) is 1. The fraction of sp³-hybridized carbons (Fsp3) is 0.143. The maximum absolute atomic E-state index is 11.8. The standard InChI is InChI=1S/C21H18N2O5/c1-27-21(26)18-9-6-17(7-10-18)13-23-19(24)14-28-20(25)11-8-15-2-4-16(12-22)5-3-15/h2-11H,13-14H2,1H3,(H,23,24)/b11-8+. The van der Waals surface area contributed by atoms with Crippen molar-refractivity contribution < 1.29 is 23.9 Å². The third-order valence-corrected chi connectivity index (χ3v) is 3.66. The van der Waals surface area contributed by atoms with Crippen LogP contribution in [0.2, 0.25) is 0 Å². The Bertz CT molecular complexity index is 909. The molecule has 0 aliphatic heterocycles. The zero-order valence-electron chi connectivity index (χ0n) is 15.2. The van der Waals surface area contributed by atoms with Gasteiger partial charge in [0, 0.05) is 12.6 Å². The highest BCUT2D eigenvalue weighted by Crippen LogP contribution is 2.06. The molecular weight excluding hydrogens is 360 g/mol. The molecule has 7 nitrogen and oxygen atoms in total. The normalized spacial score (nSPS) is 10.1. The number of nitrogens with zero attached hydrogens (tertiary/aromatic N) is 1. The maximum atomic E-state index is 11.8. The molecule has 1 amide bonds. The van der Waals surface area contributed by atoms with Crippen LogP contribution in [0.3, 0.4) is 0 Å². The fourth-order valence-electron chi connectivity index (χ4n) is 2.15. The van der Waals surface area contributed by atoms with E-state index in [2.05, 4.69) is 10.1 Å². The highest BCUT2D eigenvalue weighted by Gasteiger charge is 2.07. The first kappa shape index (κ1) is 20.4. The zero-order chi connectivity index (χ0) is 20.4. The van der Waals surface area contributed by atoms with Crippen molar-refractivity contribution in [2.75, 3.05) is 13.7 Å². The van der Waals surface area contributed by atoms with Crippen molar-refractivity contribution in [3.8, 4) is 6.07 Å². The van der Waals surface area contributed by atoms with Crippen molar-refractivity contribution in [3.05, 3.63) is 76.9 Å². The molecule has 2 aromatic rings. The van der Waals surface area contributed by atoms with Gasteiger partial charge >= 0.3 is 11.9 Å². The highest BCUT2D eigenvalue weighted by molar-refractivity contribution is 5.90. The third kappa shape index (κ3) is 6.42. The Hall–Kier alpha value is -3.92. The minimum absolute atomic E-state index is 0.235. The summed E-state index contributed by atoms with van der Waals surface area (Å²) in [6.45, 7) is -0.171. The second-order valence-corrected chi connectivity index (χ2v) is 5.64. The van der Waals surface area contributed by atoms with Crippen molar-refractivity contribution in [2.24, 2.45) is 0 Å². The van der Waals surface area contributed by atoms with Crippen molar-refractivity contribution in [1.29, 1.82) is 5.26 Å². The van der Waals surface area contributed by atoms with Gasteiger partial charge in [0.15, 0.2) is 6.61 Å². The molecule has 28 heavy (non-hydrogen) atoms. The molecule has 1 N–H and O–H groups in total. The summed E-state index contributed by atoms with van der Waals surface area (Å²) >= 11 is 0. The van der Waals surface area contributed by atoms with Gasteiger partial charge in [0.2, 0.25) is 0 Å². The summed E-state index contributed by atoms with van der Waals surface area (Å²) in [7, 11) is 1.30. The van der Waals surface area contributed by atoms with Gasteiger partial charge in [-0.25, -0.2) is 9.59 Å². The minimum atomic E-state index is -0.651. The molecule has 0 spiro atoms. The van der Waals surface area contributed by atoms with Gasteiger partial charge in [-0.05, 0) is 41.5 Å². The molecule has 0 aromatic heterocycles. The Morgan fingerprint density at radius 1 is 1.07 bits per heavy atom. The summed E-state index contributed by atoms with van der Waals surface area (Å²) < 4.78 is 9.48. The van der Waals surface area contributed by atoms with Crippen LogP contribution in [0.1, 0.15) is 27.0 Å². The molecule has 7 heteroatoms. The predicted octanol–water partition coefficient (Wildman–Crippen LogP) is 2.22. The van der Waals surface area contributed by atoms with Gasteiger partial charge in [-0.15, -0.1) is 0 Å². The van der Waals surface area contributed by atoms with Gasteiger partial charge in [0.25, 0.3) is 5.91 Å². The zero-order valence-corrected chi connectivity index (χ0v) is 15.2. The van der Waals surface area contributed by atoms with Crippen LogP contribution in [-0.4, -0.2) is 31.6 Å². The molecule has 0 heterocycles. The predicted molar refractivity (Wildman–Crippen MR) is 101 cm³/mol. The van der Waals surface area contributed by atoms with E-state index in [1.165, 1.54) is 19.3 Å². The van der Waals surface area contributed by atoms with E-state index >= 15 is 0 Å². The number of nitriles is 1. The van der Waals surface area contributed by atoms with Crippen molar-refractivity contribution in [3.63, 3.8) is 0 Å². The number of methoxy groups -OCH3 is 1. The molecule has 0 fully saturated rings. The monoisotopic (exact) mass is 378 g/mol. The van der Waals surface area contributed by atoms with Crippen LogP contribution in [0, 0.1) is 11.3 Å². The van der Waals surface area contributed by atoms with Crippen LogP contribution in [-0.2, 0) is 25.6 Å². The van der Waals surface area contributed by atoms with E-state index in [0.717, 1.165) is 11.1 Å². The summed E-state index contributed by atoms with van der Waals surface area (Å²) in [5, 5.41) is 11.3. The highest BCUT2D eigenvalue weighted by atomic mass is 16.5. The maximum Gasteiger partial charge on any atom is 0.337 e. The summed E-state index contributed by atoms with van der Waals surface area (Å²) in [5.74, 6) is -1.53. The second-order valence-electron chi connectivity index (χ2n) is 5.64. The number of rotatable bonds is 7. The lowest BCUT2D eigenvalue weighted by molar-refractivity contribution is -0.143. The SMILES string of the molecule is COC(=O)c1ccc(CNC(=O)COC(=O)/C=C/c2ccc(C#N)cc2)cc1. The van der Waals surface area contributed by atoms with E-state index in [1.807, 2.05) is 6.07 Å². The summed E-state index contributed by atoms with van der Waals surface area (Å²) in [5.41, 5.74) is 2.46. The van der Waals surface area contributed by atoms with Crippen LogP contribution in [0.25, 0.3) is 6.08 Å². The van der Waals surface area contributed by atoms with E-state index in [4.69, 9.17) is 10.00 Å². The number of hydrogen-bond acceptors (Lipinski definition) is 6. The number of benzene rings is 2. The molecule has 2 rings (SSSR count). The molecular formula is C21H18N2O5. The van der Waals surface area contributed by atoms with Crippen molar-refractivity contribution in [2.45, 2.75) is 6.54 Å². The molecule has 0 aliphatic carbocycles. The van der Waals surface area contributed by atoms with Crippen LogP contribution in [0.5, 0.6) is 0 Å². The smallest absolute Gasteiger partial charge is 0.337 e. The Kier molecular flexibility index (Phi) is 7.49. The molecule has 2 aromatic carbocycles. The van der Waals surface area contributed by atoms with E-state index in [0.29, 0.717) is 11.1 Å². The lowest BCUT2D eigenvalue weighted by atomic mass is 10.1. The van der Waals surface area contributed by atoms with E-state index in [1.54, 1.807) is 48.5 Å². The average molecular weight is 378 g/mol. The van der Waals surface area contributed by atoms with Crippen LogP contribution in [0.15, 0.2) is 54.6 Å². The van der Waals surface area contributed by atoms with Crippen LogP contribution >= 0.6 is 0 Å². The summed E-state index contributed by atoms with van der Waals surface area (Å²) in [6.07, 6.45) is 2.74. The fourth-order valence-corrected chi connectivity index (χ4v) is 2.15. The quantitative estimate of drug-likeness (QED) is 0.585. The Balaban J connectivity index is 1.74. The van der Waals surface area contributed by atoms with Crippen molar-refractivity contribution in [1.82, 2.24) is 5.32 Å². The number of carbonyl (C=O) groups excluding carboxylic acids is 3. The first-order valence-corrected chi connectivity index (χ1v) is 8.31. The average Bonchev–Trinajstić information content (AvgIpc) is 2.74. The topological polar surface area (TPSA) is 105 Å². The molecule has 0 saturated heterocycles. The first-order valence-electron chi connectivity index (χ1n) is 8.31. The number of esters is 2. The molecule has 0 bridgehead atoms.